The van der Waals surface area contributed by atoms with Gasteiger partial charge in [-0.2, -0.15) is 0 Å². The second-order valence-electron chi connectivity index (χ2n) is 8.40. The summed E-state index contributed by atoms with van der Waals surface area (Å²) in [5.74, 6) is 2.76. The summed E-state index contributed by atoms with van der Waals surface area (Å²) in [4.78, 5) is 4.72. The lowest BCUT2D eigenvalue weighted by Gasteiger charge is -2.37. The van der Waals surface area contributed by atoms with Gasteiger partial charge in [-0.25, -0.2) is 0 Å². The normalized spacial score (nSPS) is 16.8. The van der Waals surface area contributed by atoms with Gasteiger partial charge >= 0.3 is 0 Å². The summed E-state index contributed by atoms with van der Waals surface area (Å²) in [5.41, 5.74) is 1.41. The Balaban J connectivity index is 1.47. The number of benzene rings is 3. The van der Waals surface area contributed by atoms with Crippen molar-refractivity contribution >= 4 is 39.2 Å². The second kappa shape index (κ2) is 9.87. The molecule has 1 aliphatic rings. The minimum atomic E-state index is 0.0190. The monoisotopic (exact) mass is 419 g/mol. The average molecular weight is 420 g/mol. The molecule has 0 unspecified atom stereocenters. The average Bonchev–Trinajstić information content (AvgIpc) is 2.78. The molecule has 158 valence electrons. The van der Waals surface area contributed by atoms with E-state index < -0.39 is 0 Å². The number of ether oxygens (including phenoxy) is 1. The molecule has 1 saturated carbocycles. The Morgan fingerprint density at radius 2 is 1.67 bits per heavy atom. The minimum Gasteiger partial charge on any atom is -0.474 e. The quantitative estimate of drug-likeness (QED) is 0.221. The van der Waals surface area contributed by atoms with E-state index in [1.165, 1.54) is 59.2 Å². The molecular weight excluding hydrogens is 386 g/mol. The lowest BCUT2D eigenvalue weighted by molar-refractivity contribution is 0.0138. The first kappa shape index (κ1) is 21.2. The third kappa shape index (κ3) is 4.83. The number of thioether (sulfide) groups is 1. The van der Waals surface area contributed by atoms with Crippen molar-refractivity contribution < 1.29 is 4.74 Å². The summed E-state index contributed by atoms with van der Waals surface area (Å²) in [5, 5.41) is 5.28. The molecule has 0 spiro atoms. The SMILES string of the molecule is CCN=C(CSCc1cccc2cc3ccccc3cc12)OC1(CC)CCCCC1. The van der Waals surface area contributed by atoms with Crippen LogP contribution in [0, 0.1) is 0 Å². The molecule has 3 aromatic rings. The van der Waals surface area contributed by atoms with Crippen molar-refractivity contribution in [3.63, 3.8) is 0 Å². The Morgan fingerprint density at radius 3 is 2.40 bits per heavy atom. The maximum absolute atomic E-state index is 6.58. The van der Waals surface area contributed by atoms with Crippen LogP contribution in [0.5, 0.6) is 0 Å². The summed E-state index contributed by atoms with van der Waals surface area (Å²) in [6, 6.07) is 19.9. The maximum atomic E-state index is 6.58. The largest absolute Gasteiger partial charge is 0.474 e. The van der Waals surface area contributed by atoms with Crippen molar-refractivity contribution in [1.29, 1.82) is 0 Å². The molecule has 3 aromatic carbocycles. The highest BCUT2D eigenvalue weighted by Crippen LogP contribution is 2.35. The Morgan fingerprint density at radius 1 is 0.933 bits per heavy atom. The van der Waals surface area contributed by atoms with E-state index >= 15 is 0 Å². The molecular formula is C27H33NOS. The number of hydrogen-bond donors (Lipinski definition) is 0. The van der Waals surface area contributed by atoms with Crippen molar-refractivity contribution in [3.8, 4) is 0 Å². The molecule has 0 saturated heterocycles. The van der Waals surface area contributed by atoms with Crippen molar-refractivity contribution in [2.75, 3.05) is 12.3 Å². The zero-order valence-electron chi connectivity index (χ0n) is 18.3. The fraction of sp³-hybridized carbons (Fsp3) is 0.444. The first-order chi connectivity index (χ1) is 14.7. The number of aliphatic imine (C=N–C) groups is 1. The van der Waals surface area contributed by atoms with Crippen LogP contribution in [0.3, 0.4) is 0 Å². The van der Waals surface area contributed by atoms with E-state index in [0.717, 1.165) is 30.4 Å². The topological polar surface area (TPSA) is 21.6 Å². The fourth-order valence-corrected chi connectivity index (χ4v) is 5.56. The van der Waals surface area contributed by atoms with Crippen LogP contribution in [0.15, 0.2) is 59.6 Å². The molecule has 4 rings (SSSR count). The fourth-order valence-electron chi connectivity index (χ4n) is 4.66. The molecule has 0 aromatic heterocycles. The van der Waals surface area contributed by atoms with Gasteiger partial charge in [0.2, 0.25) is 0 Å². The zero-order valence-corrected chi connectivity index (χ0v) is 19.1. The van der Waals surface area contributed by atoms with Crippen LogP contribution in [-0.4, -0.2) is 23.8 Å². The second-order valence-corrected chi connectivity index (χ2v) is 9.38. The number of hydrogen-bond acceptors (Lipinski definition) is 3. The predicted molar refractivity (Wildman–Crippen MR) is 133 cm³/mol. The third-order valence-electron chi connectivity index (χ3n) is 6.40. The van der Waals surface area contributed by atoms with Gasteiger partial charge in [-0.05, 0) is 78.3 Å². The zero-order chi connectivity index (χ0) is 20.8. The van der Waals surface area contributed by atoms with Gasteiger partial charge in [0.05, 0.1) is 5.75 Å². The van der Waals surface area contributed by atoms with Gasteiger partial charge in [0.25, 0.3) is 0 Å². The van der Waals surface area contributed by atoms with E-state index in [1.807, 2.05) is 11.8 Å². The van der Waals surface area contributed by atoms with E-state index in [2.05, 4.69) is 68.4 Å². The van der Waals surface area contributed by atoms with Crippen LogP contribution >= 0.6 is 11.8 Å². The Hall–Kier alpha value is -2.00. The van der Waals surface area contributed by atoms with Crippen LogP contribution in [0.2, 0.25) is 0 Å². The van der Waals surface area contributed by atoms with Gasteiger partial charge in [0.15, 0.2) is 5.90 Å². The van der Waals surface area contributed by atoms with E-state index in [1.54, 1.807) is 0 Å². The molecule has 0 heterocycles. The first-order valence-electron chi connectivity index (χ1n) is 11.4. The van der Waals surface area contributed by atoms with E-state index in [-0.39, 0.29) is 5.60 Å². The van der Waals surface area contributed by atoms with Gasteiger partial charge in [-0.1, -0.05) is 55.8 Å². The summed E-state index contributed by atoms with van der Waals surface area (Å²) in [6.45, 7) is 5.15. The van der Waals surface area contributed by atoms with Gasteiger partial charge in [0, 0.05) is 12.3 Å². The van der Waals surface area contributed by atoms with Crippen molar-refractivity contribution in [2.24, 2.45) is 4.99 Å². The van der Waals surface area contributed by atoms with Gasteiger partial charge < -0.3 is 4.74 Å². The predicted octanol–water partition coefficient (Wildman–Crippen LogP) is 7.77. The molecule has 0 N–H and O–H groups in total. The van der Waals surface area contributed by atoms with Crippen LogP contribution in [0.25, 0.3) is 21.5 Å². The van der Waals surface area contributed by atoms with Crippen molar-refractivity contribution in [3.05, 3.63) is 60.2 Å². The molecule has 0 bridgehead atoms. The summed E-state index contributed by atoms with van der Waals surface area (Å²) >= 11 is 1.92. The van der Waals surface area contributed by atoms with Crippen LogP contribution in [0.1, 0.15) is 57.9 Å². The summed E-state index contributed by atoms with van der Waals surface area (Å²) in [7, 11) is 0. The minimum absolute atomic E-state index is 0.0190. The molecule has 1 fully saturated rings. The molecule has 0 atom stereocenters. The Bertz CT molecular complexity index is 1020. The van der Waals surface area contributed by atoms with Crippen molar-refractivity contribution in [1.82, 2.24) is 0 Å². The number of nitrogens with zero attached hydrogens (tertiary/aromatic N) is 1. The molecule has 0 aliphatic heterocycles. The van der Waals surface area contributed by atoms with E-state index in [9.17, 15) is 0 Å². The maximum Gasteiger partial charge on any atom is 0.194 e. The standard InChI is InChI=1S/C27H33NOS/c1-3-27(15-8-5-9-16-27)29-26(28-4-2)20-30-19-24-14-10-13-23-17-21-11-6-7-12-22(21)18-25(23)24/h6-7,10-14,17-18H,3-5,8-9,15-16,19-20H2,1-2H3. The van der Waals surface area contributed by atoms with Gasteiger partial charge in [0.1, 0.15) is 5.60 Å². The smallest absolute Gasteiger partial charge is 0.194 e. The summed E-state index contributed by atoms with van der Waals surface area (Å²) in [6.07, 6.45) is 7.34. The van der Waals surface area contributed by atoms with Crippen LogP contribution in [0.4, 0.5) is 0 Å². The third-order valence-corrected chi connectivity index (χ3v) is 7.36. The Kier molecular flexibility index (Phi) is 6.99. The van der Waals surface area contributed by atoms with Crippen LogP contribution < -0.4 is 0 Å². The number of rotatable bonds is 7. The molecule has 3 heteroatoms. The van der Waals surface area contributed by atoms with Gasteiger partial charge in [-0.15, -0.1) is 11.8 Å². The highest BCUT2D eigenvalue weighted by atomic mass is 32.2. The molecule has 1 aliphatic carbocycles. The highest BCUT2D eigenvalue weighted by molar-refractivity contribution is 7.99. The van der Waals surface area contributed by atoms with Gasteiger partial charge in [-0.3, -0.25) is 4.99 Å². The molecule has 2 nitrogen and oxygen atoms in total. The first-order valence-corrected chi connectivity index (χ1v) is 12.6. The van der Waals surface area contributed by atoms with E-state index in [4.69, 9.17) is 9.73 Å². The van der Waals surface area contributed by atoms with Crippen molar-refractivity contribution in [2.45, 2.75) is 63.7 Å². The summed E-state index contributed by atoms with van der Waals surface area (Å²) < 4.78 is 6.58. The molecule has 0 radical (unpaired) electrons. The van der Waals surface area contributed by atoms with Crippen LogP contribution in [-0.2, 0) is 10.5 Å². The van der Waals surface area contributed by atoms with E-state index in [0.29, 0.717) is 0 Å². The lowest BCUT2D eigenvalue weighted by atomic mass is 9.83. The lowest BCUT2D eigenvalue weighted by Crippen LogP contribution is -2.37. The number of fused-ring (bicyclic) bond motifs is 2. The molecule has 30 heavy (non-hydrogen) atoms. The highest BCUT2D eigenvalue weighted by Gasteiger charge is 2.33. The molecule has 0 amide bonds. The Labute approximate surface area is 185 Å².